The van der Waals surface area contributed by atoms with E-state index in [1.54, 1.807) is 13.2 Å². The normalized spacial score (nSPS) is 19.0. The number of hydrogen-bond acceptors (Lipinski definition) is 5. The first-order valence-electron chi connectivity index (χ1n) is 12.1. The van der Waals surface area contributed by atoms with Gasteiger partial charge in [0.05, 0.1) is 25.2 Å². The maximum absolute atomic E-state index is 13.8. The van der Waals surface area contributed by atoms with Crippen LogP contribution in [-0.4, -0.2) is 42.8 Å². The summed E-state index contributed by atoms with van der Waals surface area (Å²) in [6, 6.07) is 15.1. The number of cyclic esters (lactones) is 1. The number of carbonyl (C=O) groups excluding carboxylic acids is 2. The highest BCUT2D eigenvalue weighted by molar-refractivity contribution is 5.97. The fourth-order valence-electron chi connectivity index (χ4n) is 4.84. The maximum Gasteiger partial charge on any atom is 0.417 e. The lowest BCUT2D eigenvalue weighted by Gasteiger charge is -2.26. The molecule has 1 saturated carbocycles. The summed E-state index contributed by atoms with van der Waals surface area (Å²) in [5.41, 5.74) is 1.86. The molecular formula is C28H33NO5. The third kappa shape index (κ3) is 5.44. The topological polar surface area (TPSA) is 65.1 Å². The predicted octanol–water partition coefficient (Wildman–Crippen LogP) is 5.66. The van der Waals surface area contributed by atoms with Gasteiger partial charge in [-0.2, -0.15) is 0 Å². The van der Waals surface area contributed by atoms with Gasteiger partial charge in [0.25, 0.3) is 0 Å². The molecule has 180 valence electrons. The second-order valence-electron chi connectivity index (χ2n) is 8.98. The van der Waals surface area contributed by atoms with Crippen LogP contribution in [0.25, 0.3) is 0 Å². The van der Waals surface area contributed by atoms with Gasteiger partial charge in [0.2, 0.25) is 5.91 Å². The van der Waals surface area contributed by atoms with Crippen molar-refractivity contribution in [2.24, 2.45) is 0 Å². The molecule has 0 N–H and O–H groups in total. The number of amides is 2. The molecule has 1 saturated heterocycles. The Kier molecular flexibility index (Phi) is 7.88. The zero-order valence-electron chi connectivity index (χ0n) is 19.8. The van der Waals surface area contributed by atoms with Crippen molar-refractivity contribution in [1.29, 1.82) is 0 Å². The minimum atomic E-state index is -0.578. The number of ether oxygens (including phenoxy) is 3. The molecule has 2 aromatic rings. The molecule has 2 aliphatic rings. The third-order valence-electron chi connectivity index (χ3n) is 6.66. The number of imide groups is 1. The molecule has 2 aromatic carbocycles. The van der Waals surface area contributed by atoms with E-state index in [4.69, 9.17) is 14.2 Å². The zero-order chi connectivity index (χ0) is 23.9. The van der Waals surface area contributed by atoms with Gasteiger partial charge in [0.15, 0.2) is 11.5 Å². The van der Waals surface area contributed by atoms with Crippen LogP contribution in [0.3, 0.4) is 0 Å². The summed E-state index contributed by atoms with van der Waals surface area (Å²) in [6.07, 6.45) is 7.49. The Hall–Kier alpha value is -3.28. The van der Waals surface area contributed by atoms with E-state index in [1.807, 2.05) is 48.5 Å². The first-order valence-corrected chi connectivity index (χ1v) is 12.1. The Bertz CT molecular complexity index is 999. The smallest absolute Gasteiger partial charge is 0.417 e. The van der Waals surface area contributed by atoms with Gasteiger partial charge >= 0.3 is 6.09 Å². The lowest BCUT2D eigenvalue weighted by atomic mass is 9.91. The molecule has 1 aliphatic heterocycles. The van der Waals surface area contributed by atoms with Crippen LogP contribution in [0.2, 0.25) is 0 Å². The lowest BCUT2D eigenvalue weighted by Crippen LogP contribution is -2.43. The van der Waals surface area contributed by atoms with Crippen LogP contribution in [0.5, 0.6) is 11.5 Å². The number of carbonyl (C=O) groups is 2. The molecule has 4 rings (SSSR count). The first-order chi connectivity index (χ1) is 16.6. The van der Waals surface area contributed by atoms with Crippen molar-refractivity contribution in [3.8, 4) is 11.5 Å². The maximum atomic E-state index is 13.8. The molecule has 0 spiro atoms. The van der Waals surface area contributed by atoms with E-state index >= 15 is 0 Å². The molecule has 2 atom stereocenters. The van der Waals surface area contributed by atoms with Gasteiger partial charge in [0, 0.05) is 0 Å². The average molecular weight is 464 g/mol. The van der Waals surface area contributed by atoms with Gasteiger partial charge in [-0.05, 0) is 68.2 Å². The van der Waals surface area contributed by atoms with Gasteiger partial charge in [-0.3, -0.25) is 4.79 Å². The summed E-state index contributed by atoms with van der Waals surface area (Å²) in [6.45, 7) is 4.02. The standard InChI is InChI=1S/C28H33NO5/c1-3-4-14-24(21-15-16-25(32-2)26(18-21)34-23-12-8-9-13-23)27(30)29-22(19-33-28(29)31)17-20-10-6-5-7-11-20/h3,5-7,10-11,15-16,18,22-24H,1,4,8-9,12-14,17,19H2,2H3/t22-,24?/m0/s1. The molecule has 2 fully saturated rings. The summed E-state index contributed by atoms with van der Waals surface area (Å²) >= 11 is 0. The van der Waals surface area contributed by atoms with Crippen LogP contribution in [-0.2, 0) is 16.0 Å². The number of hydrogen-bond donors (Lipinski definition) is 0. The van der Waals surface area contributed by atoms with Gasteiger partial charge < -0.3 is 14.2 Å². The van der Waals surface area contributed by atoms with Crippen LogP contribution >= 0.6 is 0 Å². The van der Waals surface area contributed by atoms with Crippen molar-refractivity contribution in [3.63, 3.8) is 0 Å². The third-order valence-corrected chi connectivity index (χ3v) is 6.66. The molecule has 1 heterocycles. The van der Waals surface area contributed by atoms with E-state index in [2.05, 4.69) is 6.58 Å². The van der Waals surface area contributed by atoms with Gasteiger partial charge in [-0.15, -0.1) is 6.58 Å². The Morgan fingerprint density at radius 1 is 1.18 bits per heavy atom. The van der Waals surface area contributed by atoms with Crippen LogP contribution in [0.15, 0.2) is 61.2 Å². The quantitative estimate of drug-likeness (QED) is 0.426. The zero-order valence-corrected chi connectivity index (χ0v) is 19.8. The van der Waals surface area contributed by atoms with E-state index < -0.39 is 12.0 Å². The molecule has 34 heavy (non-hydrogen) atoms. The summed E-state index contributed by atoms with van der Waals surface area (Å²) < 4.78 is 17.1. The number of methoxy groups -OCH3 is 1. The molecule has 0 bridgehead atoms. The summed E-state index contributed by atoms with van der Waals surface area (Å²) in [7, 11) is 1.62. The Balaban J connectivity index is 1.60. The van der Waals surface area contributed by atoms with Gasteiger partial charge in [-0.25, -0.2) is 9.69 Å². The number of allylic oxidation sites excluding steroid dienone is 1. The molecule has 0 aromatic heterocycles. The minimum Gasteiger partial charge on any atom is -0.493 e. The number of benzene rings is 2. The Morgan fingerprint density at radius 2 is 1.94 bits per heavy atom. The Labute approximate surface area is 201 Å². The highest BCUT2D eigenvalue weighted by Gasteiger charge is 2.41. The molecule has 0 radical (unpaired) electrons. The summed E-state index contributed by atoms with van der Waals surface area (Å²) in [5, 5.41) is 0. The monoisotopic (exact) mass is 463 g/mol. The second kappa shape index (κ2) is 11.2. The predicted molar refractivity (Wildman–Crippen MR) is 130 cm³/mol. The van der Waals surface area contributed by atoms with Crippen LogP contribution in [0.1, 0.15) is 55.6 Å². The molecular weight excluding hydrogens is 430 g/mol. The van der Waals surface area contributed by atoms with Crippen LogP contribution < -0.4 is 9.47 Å². The SMILES string of the molecule is C=CCCC(C(=O)N1C(=O)OC[C@@H]1Cc1ccccc1)c1ccc(OC)c(OC2CCCC2)c1. The number of rotatable bonds is 10. The van der Waals surface area contributed by atoms with E-state index in [1.165, 1.54) is 4.90 Å². The molecule has 6 heteroatoms. The highest BCUT2D eigenvalue weighted by atomic mass is 16.6. The summed E-state index contributed by atoms with van der Waals surface area (Å²) in [4.78, 5) is 27.7. The van der Waals surface area contributed by atoms with Crippen molar-refractivity contribution >= 4 is 12.0 Å². The van der Waals surface area contributed by atoms with Gasteiger partial charge in [0.1, 0.15) is 6.61 Å². The molecule has 1 aliphatic carbocycles. The van der Waals surface area contributed by atoms with E-state index in [0.717, 1.165) is 36.8 Å². The van der Waals surface area contributed by atoms with Crippen molar-refractivity contribution in [2.45, 2.75) is 63.0 Å². The van der Waals surface area contributed by atoms with Crippen LogP contribution in [0, 0.1) is 0 Å². The minimum absolute atomic E-state index is 0.162. The first kappa shape index (κ1) is 23.9. The fraction of sp³-hybridized carbons (Fsp3) is 0.429. The van der Waals surface area contributed by atoms with Crippen molar-refractivity contribution in [3.05, 3.63) is 72.3 Å². The summed E-state index contributed by atoms with van der Waals surface area (Å²) in [5.74, 6) is 0.530. The highest BCUT2D eigenvalue weighted by Crippen LogP contribution is 2.37. The molecule has 1 unspecified atom stereocenters. The molecule has 2 amide bonds. The van der Waals surface area contributed by atoms with Crippen LogP contribution in [0.4, 0.5) is 4.79 Å². The number of nitrogens with zero attached hydrogens (tertiary/aromatic N) is 1. The Morgan fingerprint density at radius 3 is 2.65 bits per heavy atom. The molecule has 6 nitrogen and oxygen atoms in total. The largest absolute Gasteiger partial charge is 0.493 e. The van der Waals surface area contributed by atoms with Gasteiger partial charge in [-0.1, -0.05) is 42.5 Å². The lowest BCUT2D eigenvalue weighted by molar-refractivity contribution is -0.130. The second-order valence-corrected chi connectivity index (χ2v) is 8.98. The van der Waals surface area contributed by atoms with Crippen molar-refractivity contribution < 1.29 is 23.8 Å². The van der Waals surface area contributed by atoms with E-state index in [-0.39, 0.29) is 24.7 Å². The van der Waals surface area contributed by atoms with E-state index in [9.17, 15) is 9.59 Å². The fourth-order valence-corrected chi connectivity index (χ4v) is 4.84. The van der Waals surface area contributed by atoms with Crippen molar-refractivity contribution in [2.75, 3.05) is 13.7 Å². The van der Waals surface area contributed by atoms with E-state index in [0.29, 0.717) is 30.8 Å². The average Bonchev–Trinajstić information content (AvgIpc) is 3.49. The van der Waals surface area contributed by atoms with Crippen molar-refractivity contribution in [1.82, 2.24) is 4.90 Å².